The van der Waals surface area contributed by atoms with Crippen molar-refractivity contribution in [3.8, 4) is 5.75 Å². The molecule has 0 saturated carbocycles. The Kier molecular flexibility index (Phi) is 5.27. The van der Waals surface area contributed by atoms with E-state index in [1.54, 1.807) is 12.1 Å². The van der Waals surface area contributed by atoms with Crippen LogP contribution in [0, 0.1) is 5.82 Å². The molecular formula is C23H28FN3O. The number of hydrogen-bond acceptors (Lipinski definition) is 3. The van der Waals surface area contributed by atoms with E-state index in [2.05, 4.69) is 47.8 Å². The number of rotatable bonds is 6. The van der Waals surface area contributed by atoms with Crippen molar-refractivity contribution in [1.29, 1.82) is 0 Å². The van der Waals surface area contributed by atoms with Crippen LogP contribution in [-0.4, -0.2) is 42.3 Å². The third-order valence-electron chi connectivity index (χ3n) is 5.59. The zero-order valence-electron chi connectivity index (χ0n) is 16.8. The molecule has 4 rings (SSSR count). The van der Waals surface area contributed by atoms with Gasteiger partial charge in [0.25, 0.3) is 0 Å². The van der Waals surface area contributed by atoms with Gasteiger partial charge in [0, 0.05) is 29.7 Å². The Morgan fingerprint density at radius 1 is 1.25 bits per heavy atom. The number of para-hydroxylation sites is 2. The molecule has 1 aromatic heterocycles. The van der Waals surface area contributed by atoms with Gasteiger partial charge in [0.2, 0.25) is 0 Å². The van der Waals surface area contributed by atoms with Crippen molar-refractivity contribution in [1.82, 2.24) is 9.88 Å². The second kappa shape index (κ2) is 7.84. The predicted octanol–water partition coefficient (Wildman–Crippen LogP) is 4.80. The average molecular weight is 381 g/mol. The molecule has 0 fully saturated rings. The highest BCUT2D eigenvalue weighted by molar-refractivity contribution is 5.83. The van der Waals surface area contributed by atoms with Crippen LogP contribution in [-0.2, 0) is 6.42 Å². The SMILES string of the molecule is CC(C)N1CC(N(C)CCCc2c[nH]c3ccc(F)cc23)Oc2ccccc21. The summed E-state index contributed by atoms with van der Waals surface area (Å²) in [6.45, 7) is 6.20. The Bertz CT molecular complexity index is 952. The molecule has 0 bridgehead atoms. The van der Waals surface area contributed by atoms with E-state index in [4.69, 9.17) is 4.74 Å². The number of hydrogen-bond donors (Lipinski definition) is 1. The van der Waals surface area contributed by atoms with Crippen molar-refractivity contribution in [3.05, 3.63) is 60.0 Å². The molecule has 0 amide bonds. The summed E-state index contributed by atoms with van der Waals surface area (Å²) in [6.07, 6.45) is 3.92. The zero-order valence-corrected chi connectivity index (χ0v) is 16.8. The Labute approximate surface area is 165 Å². The lowest BCUT2D eigenvalue weighted by molar-refractivity contribution is 0.0412. The fourth-order valence-corrected chi connectivity index (χ4v) is 3.98. The van der Waals surface area contributed by atoms with Crippen LogP contribution >= 0.6 is 0 Å². The summed E-state index contributed by atoms with van der Waals surface area (Å²) < 4.78 is 19.8. The Morgan fingerprint density at radius 3 is 2.89 bits per heavy atom. The molecule has 0 aliphatic carbocycles. The number of benzene rings is 2. The Morgan fingerprint density at radius 2 is 2.07 bits per heavy atom. The van der Waals surface area contributed by atoms with E-state index in [-0.39, 0.29) is 12.0 Å². The van der Waals surface area contributed by atoms with Crippen LogP contribution in [0.4, 0.5) is 10.1 Å². The second-order valence-corrected chi connectivity index (χ2v) is 7.87. The van der Waals surface area contributed by atoms with Crippen LogP contribution in [0.5, 0.6) is 5.75 Å². The molecule has 1 aliphatic rings. The largest absolute Gasteiger partial charge is 0.471 e. The Balaban J connectivity index is 1.40. The van der Waals surface area contributed by atoms with Crippen LogP contribution in [0.15, 0.2) is 48.7 Å². The second-order valence-electron chi connectivity index (χ2n) is 7.87. The van der Waals surface area contributed by atoms with E-state index in [1.807, 2.05) is 18.3 Å². The highest BCUT2D eigenvalue weighted by atomic mass is 19.1. The minimum absolute atomic E-state index is 0.0257. The van der Waals surface area contributed by atoms with Gasteiger partial charge in [-0.1, -0.05) is 12.1 Å². The third kappa shape index (κ3) is 3.72. The van der Waals surface area contributed by atoms with Gasteiger partial charge >= 0.3 is 0 Å². The normalized spacial score (nSPS) is 16.6. The predicted molar refractivity (Wildman–Crippen MR) is 113 cm³/mol. The molecule has 1 aliphatic heterocycles. The van der Waals surface area contributed by atoms with Gasteiger partial charge in [0.1, 0.15) is 11.6 Å². The molecule has 28 heavy (non-hydrogen) atoms. The number of fused-ring (bicyclic) bond motifs is 2. The molecule has 2 aromatic carbocycles. The first kappa shape index (κ1) is 18.8. The summed E-state index contributed by atoms with van der Waals surface area (Å²) in [5.41, 5.74) is 3.33. The maximum Gasteiger partial charge on any atom is 0.170 e. The van der Waals surface area contributed by atoms with Gasteiger partial charge in [-0.2, -0.15) is 0 Å². The van der Waals surface area contributed by atoms with Crippen LogP contribution in [0.25, 0.3) is 10.9 Å². The first-order valence-electron chi connectivity index (χ1n) is 10.0. The molecule has 2 heterocycles. The van der Waals surface area contributed by atoms with E-state index in [0.29, 0.717) is 6.04 Å². The lowest BCUT2D eigenvalue weighted by Crippen LogP contribution is -2.51. The number of anilines is 1. The van der Waals surface area contributed by atoms with Crippen molar-refractivity contribution in [3.63, 3.8) is 0 Å². The van der Waals surface area contributed by atoms with Gasteiger partial charge in [0.05, 0.1) is 12.2 Å². The fourth-order valence-electron chi connectivity index (χ4n) is 3.98. The number of nitrogens with one attached hydrogen (secondary N) is 1. The third-order valence-corrected chi connectivity index (χ3v) is 5.59. The standard InChI is InChI=1S/C23H28FN3O/c1-16(2)27-15-23(28-22-9-5-4-8-21(22)27)26(3)12-6-7-17-14-25-20-11-10-18(24)13-19(17)20/h4-5,8-11,13-14,16,23,25H,6-7,12,15H2,1-3H3. The lowest BCUT2D eigenvalue weighted by Gasteiger charge is -2.41. The molecule has 1 atom stereocenters. The van der Waals surface area contributed by atoms with Gasteiger partial charge < -0.3 is 14.6 Å². The zero-order chi connectivity index (χ0) is 19.7. The van der Waals surface area contributed by atoms with Crippen LogP contribution in [0.1, 0.15) is 25.8 Å². The lowest BCUT2D eigenvalue weighted by atomic mass is 10.1. The minimum Gasteiger partial charge on any atom is -0.471 e. The summed E-state index contributed by atoms with van der Waals surface area (Å²) in [5, 5.41) is 0.983. The van der Waals surface area contributed by atoms with Crippen molar-refractivity contribution in [2.24, 2.45) is 0 Å². The van der Waals surface area contributed by atoms with Gasteiger partial charge in [0.15, 0.2) is 6.23 Å². The van der Waals surface area contributed by atoms with Crippen LogP contribution in [0.3, 0.4) is 0 Å². The maximum absolute atomic E-state index is 13.6. The quantitative estimate of drug-likeness (QED) is 0.665. The number of nitrogens with zero attached hydrogens (tertiary/aromatic N) is 2. The first-order chi connectivity index (χ1) is 13.5. The number of aromatic amines is 1. The van der Waals surface area contributed by atoms with E-state index in [9.17, 15) is 4.39 Å². The molecule has 1 N–H and O–H groups in total. The van der Waals surface area contributed by atoms with Gasteiger partial charge in [-0.25, -0.2) is 4.39 Å². The van der Waals surface area contributed by atoms with Crippen molar-refractivity contribution < 1.29 is 9.13 Å². The van der Waals surface area contributed by atoms with E-state index in [0.717, 1.165) is 42.6 Å². The molecule has 4 nitrogen and oxygen atoms in total. The molecule has 0 spiro atoms. The molecular weight excluding hydrogens is 353 g/mol. The van der Waals surface area contributed by atoms with Crippen LogP contribution in [0.2, 0.25) is 0 Å². The van der Waals surface area contributed by atoms with Gasteiger partial charge in [-0.15, -0.1) is 0 Å². The summed E-state index contributed by atoms with van der Waals surface area (Å²) in [6, 6.07) is 13.6. The highest BCUT2D eigenvalue weighted by Gasteiger charge is 2.29. The number of ether oxygens (including phenoxy) is 1. The number of aryl methyl sites for hydroxylation is 1. The molecule has 0 saturated heterocycles. The van der Waals surface area contributed by atoms with E-state index >= 15 is 0 Å². The molecule has 3 aromatic rings. The molecule has 148 valence electrons. The van der Waals surface area contributed by atoms with Crippen LogP contribution < -0.4 is 9.64 Å². The maximum atomic E-state index is 13.6. The van der Waals surface area contributed by atoms with Crippen molar-refractivity contribution in [2.75, 3.05) is 25.0 Å². The first-order valence-corrected chi connectivity index (χ1v) is 10.0. The summed E-state index contributed by atoms with van der Waals surface area (Å²) in [4.78, 5) is 7.92. The summed E-state index contributed by atoms with van der Waals surface area (Å²) in [5.74, 6) is 0.764. The number of likely N-dealkylation sites (N-methyl/N-ethyl adjacent to an activating group) is 1. The van der Waals surface area contributed by atoms with Gasteiger partial charge in [-0.3, -0.25) is 4.90 Å². The average Bonchev–Trinajstić information content (AvgIpc) is 3.09. The smallest absolute Gasteiger partial charge is 0.170 e. The van der Waals surface area contributed by atoms with E-state index < -0.39 is 0 Å². The molecule has 5 heteroatoms. The number of halogens is 1. The summed E-state index contributed by atoms with van der Waals surface area (Å²) in [7, 11) is 2.12. The molecule has 1 unspecified atom stereocenters. The molecule has 0 radical (unpaired) electrons. The fraction of sp³-hybridized carbons (Fsp3) is 0.391. The van der Waals surface area contributed by atoms with Crippen molar-refractivity contribution in [2.45, 2.75) is 39.0 Å². The van der Waals surface area contributed by atoms with Crippen molar-refractivity contribution >= 4 is 16.6 Å². The number of aromatic nitrogens is 1. The minimum atomic E-state index is -0.187. The monoisotopic (exact) mass is 381 g/mol. The highest BCUT2D eigenvalue weighted by Crippen LogP contribution is 2.34. The van der Waals surface area contributed by atoms with E-state index in [1.165, 1.54) is 17.3 Å². The topological polar surface area (TPSA) is 31.5 Å². The Hall–Kier alpha value is -2.53. The van der Waals surface area contributed by atoms with Gasteiger partial charge in [-0.05, 0) is 69.6 Å². The number of H-pyrrole nitrogens is 1. The summed E-state index contributed by atoms with van der Waals surface area (Å²) >= 11 is 0.